The second-order valence-electron chi connectivity index (χ2n) is 5.58. The van der Waals surface area contributed by atoms with Crippen LogP contribution in [0.5, 0.6) is 0 Å². The highest BCUT2D eigenvalue weighted by molar-refractivity contribution is 9.10. The Morgan fingerprint density at radius 2 is 1.41 bits per heavy atom. The summed E-state index contributed by atoms with van der Waals surface area (Å²) >= 11 is 3.79. The topological polar surface area (TPSA) is 8.81 Å². The summed E-state index contributed by atoms with van der Waals surface area (Å²) in [6.07, 6.45) is 0. The van der Waals surface area contributed by atoms with Gasteiger partial charge in [-0.1, -0.05) is 60.7 Å². The van der Waals surface area contributed by atoms with Gasteiger partial charge in [-0.15, -0.1) is 0 Å². The molecule has 0 saturated carbocycles. The highest BCUT2D eigenvalue weighted by atomic mass is 79.9. The normalized spacial score (nSPS) is 10.9. The summed E-state index contributed by atoms with van der Waals surface area (Å²) in [5.41, 5.74) is 5.22. The lowest BCUT2D eigenvalue weighted by atomic mass is 10.2. The maximum absolute atomic E-state index is 3.79. The Bertz CT molecular complexity index is 696. The fourth-order valence-electron chi connectivity index (χ4n) is 2.71. The Labute approximate surface area is 140 Å². The van der Waals surface area contributed by atoms with E-state index in [1.165, 1.54) is 22.5 Å². The molecule has 0 bridgehead atoms. The third-order valence-corrected chi connectivity index (χ3v) is 5.00. The number of nitrogens with zero attached hydrogens (tertiary/aromatic N) is 2. The standard InChI is InChI=1S/C19H20BrN2/c1-15-16(2)22(14-18-11-7-4-8-12-18)19(20)21(15)13-17-9-5-3-6-10-17/h3-12H,13-14H2,1-2H3/q+1. The zero-order chi connectivity index (χ0) is 15.5. The van der Waals surface area contributed by atoms with E-state index in [0.29, 0.717) is 0 Å². The maximum atomic E-state index is 3.79. The van der Waals surface area contributed by atoms with Gasteiger partial charge in [0.05, 0.1) is 0 Å². The predicted molar refractivity (Wildman–Crippen MR) is 92.9 cm³/mol. The monoisotopic (exact) mass is 355 g/mol. The maximum Gasteiger partial charge on any atom is 0.326 e. The van der Waals surface area contributed by atoms with E-state index >= 15 is 0 Å². The molecule has 112 valence electrons. The average molecular weight is 356 g/mol. The molecule has 0 N–H and O–H groups in total. The van der Waals surface area contributed by atoms with E-state index in [-0.39, 0.29) is 0 Å². The van der Waals surface area contributed by atoms with Gasteiger partial charge in [0.15, 0.2) is 0 Å². The molecule has 0 atom stereocenters. The molecule has 0 aliphatic heterocycles. The van der Waals surface area contributed by atoms with Gasteiger partial charge in [-0.3, -0.25) is 0 Å². The molecular weight excluding hydrogens is 336 g/mol. The molecule has 1 aromatic heterocycles. The van der Waals surface area contributed by atoms with Crippen molar-refractivity contribution >= 4 is 15.9 Å². The largest absolute Gasteiger partial charge is 0.326 e. The lowest BCUT2D eigenvalue weighted by molar-refractivity contribution is -0.704. The molecule has 0 unspecified atom stereocenters. The lowest BCUT2D eigenvalue weighted by Crippen LogP contribution is -2.37. The Morgan fingerprint density at radius 1 is 0.864 bits per heavy atom. The van der Waals surface area contributed by atoms with Gasteiger partial charge in [-0.2, -0.15) is 0 Å². The van der Waals surface area contributed by atoms with E-state index in [0.717, 1.165) is 17.8 Å². The molecule has 0 spiro atoms. The highest BCUT2D eigenvalue weighted by Gasteiger charge is 2.23. The van der Waals surface area contributed by atoms with Gasteiger partial charge in [0.25, 0.3) is 0 Å². The first kappa shape index (κ1) is 15.0. The fourth-order valence-corrected chi connectivity index (χ4v) is 3.50. The number of benzene rings is 2. The SMILES string of the molecule is Cc1c(C)[n+](Cc2ccccc2)c(Br)n1Cc1ccccc1. The van der Waals surface area contributed by atoms with E-state index in [1.54, 1.807) is 0 Å². The number of rotatable bonds is 4. The smallest absolute Gasteiger partial charge is 0.217 e. The van der Waals surface area contributed by atoms with E-state index < -0.39 is 0 Å². The van der Waals surface area contributed by atoms with Gasteiger partial charge in [0, 0.05) is 29.8 Å². The third-order valence-electron chi connectivity index (χ3n) is 4.15. The molecule has 0 amide bonds. The Balaban J connectivity index is 1.94. The predicted octanol–water partition coefficient (Wildman–Crippen LogP) is 4.25. The van der Waals surface area contributed by atoms with Gasteiger partial charge in [0.2, 0.25) is 0 Å². The van der Waals surface area contributed by atoms with Crippen molar-refractivity contribution in [2.75, 3.05) is 0 Å². The van der Waals surface area contributed by atoms with Crippen LogP contribution in [0.15, 0.2) is 65.4 Å². The molecule has 3 rings (SSSR count). The van der Waals surface area contributed by atoms with Crippen molar-refractivity contribution in [3.63, 3.8) is 0 Å². The number of halogens is 1. The van der Waals surface area contributed by atoms with Crippen LogP contribution in [-0.4, -0.2) is 4.57 Å². The fraction of sp³-hybridized carbons (Fsp3) is 0.211. The number of hydrogen-bond donors (Lipinski definition) is 0. The number of hydrogen-bond acceptors (Lipinski definition) is 0. The molecule has 2 nitrogen and oxygen atoms in total. The summed E-state index contributed by atoms with van der Waals surface area (Å²) in [6, 6.07) is 21.2. The van der Waals surface area contributed by atoms with E-state index in [1.807, 2.05) is 0 Å². The minimum absolute atomic E-state index is 0.885. The van der Waals surface area contributed by atoms with Gasteiger partial charge < -0.3 is 0 Å². The van der Waals surface area contributed by atoms with Gasteiger partial charge in [-0.05, 0) is 11.1 Å². The minimum atomic E-state index is 0.885. The van der Waals surface area contributed by atoms with Crippen LogP contribution in [0.25, 0.3) is 0 Å². The minimum Gasteiger partial charge on any atom is -0.217 e. The summed E-state index contributed by atoms with van der Waals surface area (Å²) in [4.78, 5) is 0. The van der Waals surface area contributed by atoms with E-state index in [4.69, 9.17) is 0 Å². The Morgan fingerprint density at radius 3 is 2.00 bits per heavy atom. The summed E-state index contributed by atoms with van der Waals surface area (Å²) < 4.78 is 5.77. The van der Waals surface area contributed by atoms with Crippen molar-refractivity contribution < 1.29 is 4.57 Å². The molecule has 0 radical (unpaired) electrons. The van der Waals surface area contributed by atoms with Crippen molar-refractivity contribution in [1.82, 2.24) is 4.57 Å². The molecule has 0 aliphatic rings. The molecule has 0 saturated heterocycles. The van der Waals surface area contributed by atoms with Crippen LogP contribution in [0.3, 0.4) is 0 Å². The summed E-state index contributed by atoms with van der Waals surface area (Å²) in [7, 11) is 0. The van der Waals surface area contributed by atoms with Crippen LogP contribution in [0.1, 0.15) is 22.5 Å². The first-order valence-electron chi connectivity index (χ1n) is 7.49. The van der Waals surface area contributed by atoms with Crippen LogP contribution >= 0.6 is 15.9 Å². The second kappa shape index (κ2) is 6.49. The summed E-state index contributed by atoms with van der Waals surface area (Å²) in [5, 5.41) is 0. The first-order valence-corrected chi connectivity index (χ1v) is 8.29. The van der Waals surface area contributed by atoms with Crippen molar-refractivity contribution in [3.8, 4) is 0 Å². The van der Waals surface area contributed by atoms with Crippen molar-refractivity contribution in [3.05, 3.63) is 87.9 Å². The zero-order valence-corrected chi connectivity index (χ0v) is 14.5. The van der Waals surface area contributed by atoms with Crippen LogP contribution in [0, 0.1) is 13.8 Å². The summed E-state index contributed by atoms with van der Waals surface area (Å²) in [5.74, 6) is 0. The Kier molecular flexibility index (Phi) is 4.44. The van der Waals surface area contributed by atoms with Crippen LogP contribution in [0.2, 0.25) is 0 Å². The van der Waals surface area contributed by atoms with Crippen LogP contribution in [0.4, 0.5) is 0 Å². The van der Waals surface area contributed by atoms with Crippen molar-refractivity contribution in [1.29, 1.82) is 0 Å². The second-order valence-corrected chi connectivity index (χ2v) is 6.29. The highest BCUT2D eigenvalue weighted by Crippen LogP contribution is 2.17. The summed E-state index contributed by atoms with van der Waals surface area (Å²) in [6.45, 7) is 6.14. The average Bonchev–Trinajstić information content (AvgIpc) is 2.75. The molecule has 1 heterocycles. The zero-order valence-electron chi connectivity index (χ0n) is 13.0. The molecule has 3 heteroatoms. The Hall–Kier alpha value is -1.87. The molecule has 0 aliphatic carbocycles. The lowest BCUT2D eigenvalue weighted by Gasteiger charge is -2.02. The van der Waals surface area contributed by atoms with E-state index in [9.17, 15) is 0 Å². The molecule has 2 aromatic carbocycles. The van der Waals surface area contributed by atoms with Crippen LogP contribution < -0.4 is 4.57 Å². The van der Waals surface area contributed by atoms with Crippen molar-refractivity contribution in [2.24, 2.45) is 0 Å². The molecule has 0 fully saturated rings. The van der Waals surface area contributed by atoms with Gasteiger partial charge in [-0.25, -0.2) is 9.13 Å². The number of imidazole rings is 1. The van der Waals surface area contributed by atoms with Gasteiger partial charge >= 0.3 is 4.73 Å². The van der Waals surface area contributed by atoms with E-state index in [2.05, 4.69) is 99.6 Å². The number of aromatic nitrogens is 2. The third kappa shape index (κ3) is 3.00. The van der Waals surface area contributed by atoms with Gasteiger partial charge in [0.1, 0.15) is 24.5 Å². The van der Waals surface area contributed by atoms with Crippen LogP contribution in [-0.2, 0) is 13.1 Å². The molecule has 3 aromatic rings. The molecular formula is C19H20BrN2+. The van der Waals surface area contributed by atoms with Crippen molar-refractivity contribution in [2.45, 2.75) is 26.9 Å². The first-order chi connectivity index (χ1) is 10.7. The quantitative estimate of drug-likeness (QED) is 0.618. The molecule has 22 heavy (non-hydrogen) atoms.